The minimum absolute atomic E-state index is 0.259. The molecule has 0 atom stereocenters. The zero-order chi connectivity index (χ0) is 12.3. The van der Waals surface area contributed by atoms with Gasteiger partial charge >= 0.3 is 0 Å². The van der Waals surface area contributed by atoms with E-state index in [1.54, 1.807) is 6.08 Å². The van der Waals surface area contributed by atoms with Crippen molar-refractivity contribution < 1.29 is 4.79 Å². The highest BCUT2D eigenvalue weighted by Crippen LogP contribution is 2.49. The number of anilines is 1. The highest BCUT2D eigenvalue weighted by molar-refractivity contribution is 5.52. The van der Waals surface area contributed by atoms with E-state index < -0.39 is 0 Å². The average molecular weight is 230 g/mol. The second-order valence-corrected chi connectivity index (χ2v) is 4.46. The van der Waals surface area contributed by atoms with Crippen LogP contribution in [0.4, 0.5) is 5.69 Å². The first-order valence-electron chi connectivity index (χ1n) is 6.20. The standard InChI is InChI=1S/C14H18N2O/c1-3-16(4-2)13-7-5-6-12(10-13)14(8-9-14)15-11-17/h5-7,10H,3-4,8-9H2,1-2H3. The van der Waals surface area contributed by atoms with Crippen LogP contribution in [0.2, 0.25) is 0 Å². The molecular weight excluding hydrogens is 212 g/mol. The maximum Gasteiger partial charge on any atom is 0.235 e. The number of hydrogen-bond donors (Lipinski definition) is 0. The van der Waals surface area contributed by atoms with Crippen LogP contribution >= 0.6 is 0 Å². The molecule has 1 aromatic carbocycles. The SMILES string of the molecule is CCN(CC)c1cccc(C2(N=C=O)CC2)c1. The summed E-state index contributed by atoms with van der Waals surface area (Å²) in [6.45, 7) is 6.27. The van der Waals surface area contributed by atoms with Crippen LogP contribution in [-0.4, -0.2) is 19.2 Å². The van der Waals surface area contributed by atoms with E-state index >= 15 is 0 Å². The largest absolute Gasteiger partial charge is 0.372 e. The molecule has 0 spiro atoms. The smallest absolute Gasteiger partial charge is 0.235 e. The molecular formula is C14H18N2O. The summed E-state index contributed by atoms with van der Waals surface area (Å²) in [5, 5.41) is 0. The highest BCUT2D eigenvalue weighted by Gasteiger charge is 2.44. The summed E-state index contributed by atoms with van der Waals surface area (Å²) in [4.78, 5) is 16.7. The van der Waals surface area contributed by atoms with Crippen LogP contribution in [0.15, 0.2) is 29.3 Å². The molecule has 0 aliphatic heterocycles. The Balaban J connectivity index is 2.32. The van der Waals surface area contributed by atoms with Gasteiger partial charge in [0, 0.05) is 18.8 Å². The summed E-state index contributed by atoms with van der Waals surface area (Å²) in [7, 11) is 0. The number of rotatable bonds is 5. The van der Waals surface area contributed by atoms with Gasteiger partial charge in [-0.2, -0.15) is 4.99 Å². The van der Waals surface area contributed by atoms with Crippen LogP contribution in [0.25, 0.3) is 0 Å². The molecule has 3 nitrogen and oxygen atoms in total. The van der Waals surface area contributed by atoms with E-state index in [1.165, 1.54) is 5.69 Å². The van der Waals surface area contributed by atoms with Gasteiger partial charge in [-0.25, -0.2) is 4.79 Å². The van der Waals surface area contributed by atoms with E-state index in [1.807, 2.05) is 6.07 Å². The molecule has 1 aromatic rings. The van der Waals surface area contributed by atoms with E-state index in [2.05, 4.69) is 41.9 Å². The Labute approximate surface area is 102 Å². The molecule has 0 N–H and O–H groups in total. The van der Waals surface area contributed by atoms with Crippen molar-refractivity contribution in [3.63, 3.8) is 0 Å². The molecule has 0 radical (unpaired) electrons. The molecule has 0 unspecified atom stereocenters. The Hall–Kier alpha value is -1.60. The Morgan fingerprint density at radius 2 is 2.06 bits per heavy atom. The normalized spacial score (nSPS) is 16.1. The Morgan fingerprint density at radius 1 is 1.35 bits per heavy atom. The maximum absolute atomic E-state index is 10.5. The number of carbonyl (C=O) groups excluding carboxylic acids is 1. The fourth-order valence-corrected chi connectivity index (χ4v) is 2.25. The van der Waals surface area contributed by atoms with Crippen molar-refractivity contribution in [2.75, 3.05) is 18.0 Å². The molecule has 17 heavy (non-hydrogen) atoms. The summed E-state index contributed by atoms with van der Waals surface area (Å²) >= 11 is 0. The van der Waals surface area contributed by atoms with Gasteiger partial charge in [0.1, 0.15) is 0 Å². The van der Waals surface area contributed by atoms with Gasteiger partial charge in [-0.1, -0.05) is 12.1 Å². The second-order valence-electron chi connectivity index (χ2n) is 4.46. The average Bonchev–Trinajstić information content (AvgIpc) is 3.13. The molecule has 1 aliphatic carbocycles. The van der Waals surface area contributed by atoms with Crippen LogP contribution < -0.4 is 4.90 Å². The summed E-state index contributed by atoms with van der Waals surface area (Å²) in [6, 6.07) is 8.36. The van der Waals surface area contributed by atoms with E-state index in [4.69, 9.17) is 0 Å². The van der Waals surface area contributed by atoms with Crippen molar-refractivity contribution in [3.05, 3.63) is 29.8 Å². The molecule has 1 fully saturated rings. The molecule has 0 aromatic heterocycles. The number of hydrogen-bond acceptors (Lipinski definition) is 3. The first-order chi connectivity index (χ1) is 8.25. The lowest BCUT2D eigenvalue weighted by molar-refractivity contribution is 0.556. The van der Waals surface area contributed by atoms with Crippen molar-refractivity contribution >= 4 is 11.8 Å². The lowest BCUT2D eigenvalue weighted by atomic mass is 10.0. The van der Waals surface area contributed by atoms with Gasteiger partial charge in [-0.3, -0.25) is 0 Å². The van der Waals surface area contributed by atoms with Gasteiger partial charge < -0.3 is 4.90 Å². The molecule has 1 aliphatic rings. The zero-order valence-electron chi connectivity index (χ0n) is 10.4. The maximum atomic E-state index is 10.5. The second kappa shape index (κ2) is 4.72. The van der Waals surface area contributed by atoms with Crippen molar-refractivity contribution in [2.24, 2.45) is 4.99 Å². The molecule has 0 heterocycles. The quantitative estimate of drug-likeness (QED) is 0.575. The van der Waals surface area contributed by atoms with E-state index in [9.17, 15) is 4.79 Å². The molecule has 2 rings (SSSR count). The number of nitrogens with zero attached hydrogens (tertiary/aromatic N) is 2. The number of aliphatic imine (C=N–C) groups is 1. The third-order valence-electron chi connectivity index (χ3n) is 3.50. The van der Waals surface area contributed by atoms with Gasteiger partial charge in [-0.05, 0) is 44.4 Å². The van der Waals surface area contributed by atoms with Crippen molar-refractivity contribution in [1.82, 2.24) is 0 Å². The first kappa shape index (κ1) is 11.9. The van der Waals surface area contributed by atoms with Crippen LogP contribution in [0.3, 0.4) is 0 Å². The van der Waals surface area contributed by atoms with Gasteiger partial charge in [0.25, 0.3) is 0 Å². The topological polar surface area (TPSA) is 32.7 Å². The van der Waals surface area contributed by atoms with Crippen LogP contribution in [0, 0.1) is 0 Å². The fourth-order valence-electron chi connectivity index (χ4n) is 2.25. The molecule has 1 saturated carbocycles. The number of benzene rings is 1. The fraction of sp³-hybridized carbons (Fsp3) is 0.500. The molecule has 0 saturated heterocycles. The Bertz CT molecular complexity index is 441. The predicted molar refractivity (Wildman–Crippen MR) is 69.0 cm³/mol. The van der Waals surface area contributed by atoms with E-state index in [-0.39, 0.29) is 5.54 Å². The first-order valence-corrected chi connectivity index (χ1v) is 6.20. The summed E-state index contributed by atoms with van der Waals surface area (Å²) in [5.74, 6) is 0. The lowest BCUT2D eigenvalue weighted by Crippen LogP contribution is -2.22. The van der Waals surface area contributed by atoms with Gasteiger partial charge in [0.05, 0.1) is 5.54 Å². The van der Waals surface area contributed by atoms with Gasteiger partial charge in [0.15, 0.2) is 0 Å². The summed E-state index contributed by atoms with van der Waals surface area (Å²) in [5.41, 5.74) is 2.09. The van der Waals surface area contributed by atoms with Crippen molar-refractivity contribution in [2.45, 2.75) is 32.2 Å². The third-order valence-corrected chi connectivity index (χ3v) is 3.50. The molecule has 90 valence electrons. The van der Waals surface area contributed by atoms with Crippen LogP contribution in [0.1, 0.15) is 32.3 Å². The van der Waals surface area contributed by atoms with Gasteiger partial charge in [0.2, 0.25) is 6.08 Å². The van der Waals surface area contributed by atoms with Crippen LogP contribution in [0.5, 0.6) is 0 Å². The Morgan fingerprint density at radius 3 is 2.59 bits per heavy atom. The van der Waals surface area contributed by atoms with Crippen molar-refractivity contribution in [1.29, 1.82) is 0 Å². The van der Waals surface area contributed by atoms with Gasteiger partial charge in [-0.15, -0.1) is 0 Å². The lowest BCUT2D eigenvalue weighted by Gasteiger charge is -2.22. The molecule has 0 amide bonds. The minimum atomic E-state index is -0.259. The molecule has 3 heteroatoms. The highest BCUT2D eigenvalue weighted by atomic mass is 16.1. The third kappa shape index (κ3) is 2.25. The van der Waals surface area contributed by atoms with Crippen LogP contribution in [-0.2, 0) is 10.3 Å². The Kier molecular flexibility index (Phi) is 3.30. The number of isocyanates is 1. The summed E-state index contributed by atoms with van der Waals surface area (Å²) in [6.07, 6.45) is 3.63. The monoisotopic (exact) mass is 230 g/mol. The van der Waals surface area contributed by atoms with E-state index in [0.29, 0.717) is 0 Å². The van der Waals surface area contributed by atoms with E-state index in [0.717, 1.165) is 31.5 Å². The van der Waals surface area contributed by atoms with Crippen molar-refractivity contribution in [3.8, 4) is 0 Å². The minimum Gasteiger partial charge on any atom is -0.372 e. The summed E-state index contributed by atoms with van der Waals surface area (Å²) < 4.78 is 0. The zero-order valence-corrected chi connectivity index (χ0v) is 10.4. The predicted octanol–water partition coefficient (Wildman–Crippen LogP) is 2.86. The molecule has 0 bridgehead atoms.